The quantitative estimate of drug-likeness (QED) is 0.895. The van der Waals surface area contributed by atoms with Crippen molar-refractivity contribution in [2.45, 2.75) is 50.7 Å². The smallest absolute Gasteiger partial charge is 0.123 e. The Labute approximate surface area is 108 Å². The fourth-order valence-electron chi connectivity index (χ4n) is 2.73. The Morgan fingerprint density at radius 3 is 2.89 bits per heavy atom. The minimum atomic E-state index is -0.781. The number of halogens is 1. The number of hydrogen-bond acceptors (Lipinski definition) is 2. The third-order valence-electron chi connectivity index (χ3n) is 3.89. The molecule has 1 aliphatic rings. The predicted octanol–water partition coefficient (Wildman–Crippen LogP) is 3.08. The van der Waals surface area contributed by atoms with E-state index in [4.69, 9.17) is 4.74 Å². The summed E-state index contributed by atoms with van der Waals surface area (Å²) in [5.41, 5.74) is -0.199. The summed E-state index contributed by atoms with van der Waals surface area (Å²) in [4.78, 5) is 0. The molecule has 1 fully saturated rings. The summed E-state index contributed by atoms with van der Waals surface area (Å²) in [5.74, 6) is -0.249. The van der Waals surface area contributed by atoms with Crippen LogP contribution in [-0.2, 0) is 11.2 Å². The van der Waals surface area contributed by atoms with Crippen molar-refractivity contribution in [1.29, 1.82) is 0 Å². The first-order valence-corrected chi connectivity index (χ1v) is 6.56. The SMILES string of the molecule is CCC1(C)CC(O)(Cc2cccc(F)c2)CCO1. The van der Waals surface area contributed by atoms with E-state index in [0.717, 1.165) is 12.0 Å². The minimum absolute atomic E-state index is 0.249. The molecule has 1 saturated heterocycles. The zero-order chi connectivity index (χ0) is 13.2. The fourth-order valence-corrected chi connectivity index (χ4v) is 2.73. The highest BCUT2D eigenvalue weighted by molar-refractivity contribution is 5.19. The third-order valence-corrected chi connectivity index (χ3v) is 3.89. The molecule has 1 aromatic rings. The van der Waals surface area contributed by atoms with Gasteiger partial charge in [-0.3, -0.25) is 0 Å². The largest absolute Gasteiger partial charge is 0.389 e. The molecule has 2 rings (SSSR count). The molecule has 3 heteroatoms. The van der Waals surface area contributed by atoms with Crippen LogP contribution in [0.1, 0.15) is 38.7 Å². The first-order chi connectivity index (χ1) is 8.45. The van der Waals surface area contributed by atoms with Gasteiger partial charge in [-0.25, -0.2) is 4.39 Å². The molecule has 0 bridgehead atoms. The number of rotatable bonds is 3. The lowest BCUT2D eigenvalue weighted by Gasteiger charge is -2.43. The van der Waals surface area contributed by atoms with Crippen LogP contribution in [0.2, 0.25) is 0 Å². The van der Waals surface area contributed by atoms with Crippen molar-refractivity contribution in [2.24, 2.45) is 0 Å². The lowest BCUT2D eigenvalue weighted by atomic mass is 9.78. The number of ether oxygens (including phenoxy) is 1. The zero-order valence-electron chi connectivity index (χ0n) is 11.1. The predicted molar refractivity (Wildman–Crippen MR) is 68.9 cm³/mol. The highest BCUT2D eigenvalue weighted by Gasteiger charge is 2.40. The number of aliphatic hydroxyl groups is 1. The Hall–Kier alpha value is -0.930. The van der Waals surface area contributed by atoms with Gasteiger partial charge in [0.15, 0.2) is 0 Å². The summed E-state index contributed by atoms with van der Waals surface area (Å²) >= 11 is 0. The van der Waals surface area contributed by atoms with Crippen LogP contribution >= 0.6 is 0 Å². The maximum atomic E-state index is 13.2. The highest BCUT2D eigenvalue weighted by Crippen LogP contribution is 2.36. The molecular weight excluding hydrogens is 231 g/mol. The van der Waals surface area contributed by atoms with E-state index in [9.17, 15) is 9.50 Å². The van der Waals surface area contributed by atoms with Gasteiger partial charge in [0, 0.05) is 12.8 Å². The average Bonchev–Trinajstić information content (AvgIpc) is 2.28. The molecule has 0 aliphatic carbocycles. The van der Waals surface area contributed by atoms with Gasteiger partial charge < -0.3 is 9.84 Å². The maximum Gasteiger partial charge on any atom is 0.123 e. The summed E-state index contributed by atoms with van der Waals surface area (Å²) < 4.78 is 18.9. The summed E-state index contributed by atoms with van der Waals surface area (Å²) in [6.45, 7) is 4.66. The van der Waals surface area contributed by atoms with Gasteiger partial charge in [-0.05, 0) is 37.5 Å². The fraction of sp³-hybridized carbons (Fsp3) is 0.600. The van der Waals surface area contributed by atoms with Gasteiger partial charge in [0.1, 0.15) is 5.82 Å². The normalized spacial score (nSPS) is 32.4. The van der Waals surface area contributed by atoms with Crippen molar-refractivity contribution < 1.29 is 14.2 Å². The Kier molecular flexibility index (Phi) is 3.74. The van der Waals surface area contributed by atoms with Crippen molar-refractivity contribution >= 4 is 0 Å². The summed E-state index contributed by atoms with van der Waals surface area (Å²) in [7, 11) is 0. The Morgan fingerprint density at radius 2 is 2.22 bits per heavy atom. The van der Waals surface area contributed by atoms with Crippen molar-refractivity contribution in [3.8, 4) is 0 Å². The van der Waals surface area contributed by atoms with Gasteiger partial charge in [0.2, 0.25) is 0 Å². The molecule has 0 saturated carbocycles. The Bertz CT molecular complexity index is 421. The summed E-state index contributed by atoms with van der Waals surface area (Å²) in [6.07, 6.45) is 2.58. The average molecular weight is 252 g/mol. The lowest BCUT2D eigenvalue weighted by molar-refractivity contribution is -0.152. The van der Waals surface area contributed by atoms with Crippen LogP contribution in [0, 0.1) is 5.82 Å². The van der Waals surface area contributed by atoms with Crippen molar-refractivity contribution in [1.82, 2.24) is 0 Å². The second kappa shape index (κ2) is 4.98. The van der Waals surface area contributed by atoms with Gasteiger partial charge in [-0.15, -0.1) is 0 Å². The van der Waals surface area contributed by atoms with E-state index < -0.39 is 5.60 Å². The second-order valence-corrected chi connectivity index (χ2v) is 5.61. The molecule has 1 aromatic carbocycles. The molecule has 0 aromatic heterocycles. The monoisotopic (exact) mass is 252 g/mol. The van der Waals surface area contributed by atoms with Gasteiger partial charge in [0.25, 0.3) is 0 Å². The van der Waals surface area contributed by atoms with E-state index in [2.05, 4.69) is 6.92 Å². The molecule has 1 heterocycles. The molecule has 0 amide bonds. The summed E-state index contributed by atoms with van der Waals surface area (Å²) in [5, 5.41) is 10.7. The molecule has 2 atom stereocenters. The van der Waals surface area contributed by atoms with Crippen LogP contribution in [-0.4, -0.2) is 22.9 Å². The lowest BCUT2D eigenvalue weighted by Crippen LogP contribution is -2.48. The Morgan fingerprint density at radius 1 is 1.44 bits per heavy atom. The molecular formula is C15H21FO2. The minimum Gasteiger partial charge on any atom is -0.389 e. The van der Waals surface area contributed by atoms with Crippen LogP contribution in [0.3, 0.4) is 0 Å². The van der Waals surface area contributed by atoms with E-state index in [1.165, 1.54) is 12.1 Å². The standard InChI is InChI=1S/C15H21FO2/c1-3-14(2)11-15(17,7-8-18-14)10-12-5-4-6-13(16)9-12/h4-6,9,17H,3,7-8,10-11H2,1-2H3. The topological polar surface area (TPSA) is 29.5 Å². The summed E-state index contributed by atoms with van der Waals surface area (Å²) in [6, 6.07) is 6.47. The molecule has 2 unspecified atom stereocenters. The molecule has 2 nitrogen and oxygen atoms in total. The van der Waals surface area contributed by atoms with Gasteiger partial charge in [-0.1, -0.05) is 19.1 Å². The highest BCUT2D eigenvalue weighted by atomic mass is 19.1. The van der Waals surface area contributed by atoms with Gasteiger partial charge in [0.05, 0.1) is 17.8 Å². The zero-order valence-corrected chi connectivity index (χ0v) is 11.1. The van der Waals surface area contributed by atoms with E-state index >= 15 is 0 Å². The van der Waals surface area contributed by atoms with Crippen LogP contribution in [0.5, 0.6) is 0 Å². The number of benzene rings is 1. The number of hydrogen-bond donors (Lipinski definition) is 1. The Balaban J connectivity index is 2.12. The van der Waals surface area contributed by atoms with E-state index in [-0.39, 0.29) is 11.4 Å². The second-order valence-electron chi connectivity index (χ2n) is 5.61. The molecule has 100 valence electrons. The maximum absolute atomic E-state index is 13.2. The van der Waals surface area contributed by atoms with E-state index in [1.807, 2.05) is 13.0 Å². The molecule has 18 heavy (non-hydrogen) atoms. The van der Waals surface area contributed by atoms with Crippen LogP contribution < -0.4 is 0 Å². The van der Waals surface area contributed by atoms with Crippen molar-refractivity contribution in [2.75, 3.05) is 6.61 Å². The molecule has 1 N–H and O–H groups in total. The molecule has 0 spiro atoms. The van der Waals surface area contributed by atoms with Crippen LogP contribution in [0.4, 0.5) is 4.39 Å². The third kappa shape index (κ3) is 3.09. The van der Waals surface area contributed by atoms with E-state index in [0.29, 0.717) is 25.9 Å². The van der Waals surface area contributed by atoms with Crippen molar-refractivity contribution in [3.05, 3.63) is 35.6 Å². The molecule has 0 radical (unpaired) electrons. The van der Waals surface area contributed by atoms with Crippen molar-refractivity contribution in [3.63, 3.8) is 0 Å². The van der Waals surface area contributed by atoms with Gasteiger partial charge >= 0.3 is 0 Å². The van der Waals surface area contributed by atoms with Crippen LogP contribution in [0.25, 0.3) is 0 Å². The van der Waals surface area contributed by atoms with E-state index in [1.54, 1.807) is 6.07 Å². The van der Waals surface area contributed by atoms with Crippen LogP contribution in [0.15, 0.2) is 24.3 Å². The molecule has 1 aliphatic heterocycles. The first-order valence-electron chi connectivity index (χ1n) is 6.56. The first kappa shape index (κ1) is 13.5. The van der Waals surface area contributed by atoms with Gasteiger partial charge in [-0.2, -0.15) is 0 Å².